The van der Waals surface area contributed by atoms with Crippen LogP contribution in [-0.2, 0) is 6.54 Å². The van der Waals surface area contributed by atoms with Crippen molar-refractivity contribution in [2.45, 2.75) is 25.3 Å². The minimum Gasteiger partial charge on any atom is -0.492 e. The Kier molecular flexibility index (Phi) is 5.20. The van der Waals surface area contributed by atoms with Crippen molar-refractivity contribution >= 4 is 11.6 Å². The summed E-state index contributed by atoms with van der Waals surface area (Å²) in [5.41, 5.74) is 0. The molecule has 2 aliphatic rings. The molecule has 134 valence electrons. The third-order valence-corrected chi connectivity index (χ3v) is 4.97. The second kappa shape index (κ2) is 7.72. The fourth-order valence-corrected chi connectivity index (χ4v) is 3.14. The molecule has 1 aliphatic heterocycles. The van der Waals surface area contributed by atoms with E-state index in [1.54, 1.807) is 0 Å². The van der Waals surface area contributed by atoms with Gasteiger partial charge in [-0.25, -0.2) is 0 Å². The molecule has 0 radical (unpaired) electrons. The summed E-state index contributed by atoms with van der Waals surface area (Å²) in [6, 6.07) is 7.50. The van der Waals surface area contributed by atoms with E-state index in [-0.39, 0.29) is 0 Å². The van der Waals surface area contributed by atoms with Crippen molar-refractivity contribution in [2.75, 3.05) is 39.3 Å². The number of ether oxygens (including phenoxy) is 1. The molecule has 1 aliphatic carbocycles. The lowest BCUT2D eigenvalue weighted by Gasteiger charge is -2.33. The van der Waals surface area contributed by atoms with Gasteiger partial charge in [-0.2, -0.15) is 0 Å². The van der Waals surface area contributed by atoms with Gasteiger partial charge in [0.05, 0.1) is 6.54 Å². The Morgan fingerprint density at radius 1 is 1.04 bits per heavy atom. The lowest BCUT2D eigenvalue weighted by Crippen LogP contribution is -2.47. The summed E-state index contributed by atoms with van der Waals surface area (Å²) in [6.45, 7) is 6.49. The maximum atomic E-state index is 5.88. The lowest BCUT2D eigenvalue weighted by atomic mass is 10.3. The average Bonchev–Trinajstić information content (AvgIpc) is 3.38. The molecule has 1 saturated heterocycles. The molecule has 6 nitrogen and oxygen atoms in total. The monoisotopic (exact) mass is 362 g/mol. The molecule has 1 aromatic carbocycles. The van der Waals surface area contributed by atoms with Crippen LogP contribution in [0.4, 0.5) is 0 Å². The quantitative estimate of drug-likeness (QED) is 0.755. The Morgan fingerprint density at radius 3 is 2.48 bits per heavy atom. The van der Waals surface area contributed by atoms with Crippen LogP contribution in [-0.4, -0.2) is 59.3 Å². The summed E-state index contributed by atoms with van der Waals surface area (Å²) < 4.78 is 11.5. The molecule has 2 fully saturated rings. The standard InChI is InChI=1S/C18H23ClN4O2/c19-15-3-5-16(6-4-15)24-12-11-22-7-9-23(10-8-22)13-17-20-21-18(25-17)14-1-2-14/h3-6,14H,1-2,7-13H2. The number of hydrogen-bond acceptors (Lipinski definition) is 6. The largest absolute Gasteiger partial charge is 0.492 e. The molecule has 1 saturated carbocycles. The number of nitrogens with zero attached hydrogens (tertiary/aromatic N) is 4. The van der Waals surface area contributed by atoms with E-state index in [1.807, 2.05) is 24.3 Å². The highest BCUT2D eigenvalue weighted by Gasteiger charge is 2.29. The first-order chi connectivity index (χ1) is 12.3. The van der Waals surface area contributed by atoms with Gasteiger partial charge in [0.2, 0.25) is 11.8 Å². The van der Waals surface area contributed by atoms with Crippen LogP contribution in [0.1, 0.15) is 30.5 Å². The van der Waals surface area contributed by atoms with Gasteiger partial charge >= 0.3 is 0 Å². The summed E-state index contributed by atoms with van der Waals surface area (Å²) in [4.78, 5) is 4.80. The number of halogens is 1. The molecule has 7 heteroatoms. The average molecular weight is 363 g/mol. The Labute approximate surface area is 152 Å². The Balaban J connectivity index is 1.16. The molecule has 0 atom stereocenters. The van der Waals surface area contributed by atoms with E-state index in [9.17, 15) is 0 Å². The van der Waals surface area contributed by atoms with E-state index in [2.05, 4.69) is 20.0 Å². The molecule has 0 unspecified atom stereocenters. The summed E-state index contributed by atoms with van der Waals surface area (Å²) in [6.07, 6.45) is 2.39. The van der Waals surface area contributed by atoms with Crippen LogP contribution >= 0.6 is 11.6 Å². The van der Waals surface area contributed by atoms with Gasteiger partial charge in [0.15, 0.2) is 0 Å². The SMILES string of the molecule is Clc1ccc(OCCN2CCN(Cc3nnc(C4CC4)o3)CC2)cc1. The predicted molar refractivity (Wildman–Crippen MR) is 94.9 cm³/mol. The second-order valence-corrected chi connectivity index (χ2v) is 7.16. The van der Waals surface area contributed by atoms with Crippen molar-refractivity contribution < 1.29 is 9.15 Å². The zero-order valence-corrected chi connectivity index (χ0v) is 15.0. The van der Waals surface area contributed by atoms with Crippen molar-refractivity contribution in [1.82, 2.24) is 20.0 Å². The van der Waals surface area contributed by atoms with E-state index in [1.165, 1.54) is 12.8 Å². The number of benzene rings is 1. The first-order valence-electron chi connectivity index (χ1n) is 8.91. The Bertz CT molecular complexity index is 679. The number of aromatic nitrogens is 2. The van der Waals surface area contributed by atoms with Crippen LogP contribution in [0.2, 0.25) is 5.02 Å². The highest BCUT2D eigenvalue weighted by atomic mass is 35.5. The third-order valence-electron chi connectivity index (χ3n) is 4.72. The van der Waals surface area contributed by atoms with Crippen LogP contribution < -0.4 is 4.74 Å². The van der Waals surface area contributed by atoms with Gasteiger partial charge in [-0.3, -0.25) is 9.80 Å². The van der Waals surface area contributed by atoms with Gasteiger partial charge in [-0.15, -0.1) is 10.2 Å². The predicted octanol–water partition coefficient (Wildman–Crippen LogP) is 2.80. The van der Waals surface area contributed by atoms with Crippen molar-refractivity contribution in [2.24, 2.45) is 0 Å². The fraction of sp³-hybridized carbons (Fsp3) is 0.556. The van der Waals surface area contributed by atoms with Gasteiger partial charge in [0.1, 0.15) is 12.4 Å². The van der Waals surface area contributed by atoms with E-state index in [4.69, 9.17) is 20.8 Å². The fourth-order valence-electron chi connectivity index (χ4n) is 3.01. The smallest absolute Gasteiger partial charge is 0.230 e. The van der Waals surface area contributed by atoms with E-state index >= 15 is 0 Å². The Morgan fingerprint density at radius 2 is 1.76 bits per heavy atom. The Hall–Kier alpha value is -1.63. The number of piperazine rings is 1. The highest BCUT2D eigenvalue weighted by Crippen LogP contribution is 2.39. The van der Waals surface area contributed by atoms with Crippen molar-refractivity contribution in [1.29, 1.82) is 0 Å². The molecular formula is C18H23ClN4O2. The molecular weight excluding hydrogens is 340 g/mol. The van der Waals surface area contributed by atoms with Gasteiger partial charge < -0.3 is 9.15 Å². The maximum Gasteiger partial charge on any atom is 0.230 e. The number of hydrogen-bond donors (Lipinski definition) is 0. The molecule has 0 spiro atoms. The minimum atomic E-state index is 0.527. The van der Waals surface area contributed by atoms with E-state index in [0.29, 0.717) is 12.5 Å². The third kappa shape index (κ3) is 4.71. The van der Waals surface area contributed by atoms with Gasteiger partial charge in [-0.1, -0.05) is 11.6 Å². The van der Waals surface area contributed by atoms with Gasteiger partial charge in [0, 0.05) is 43.7 Å². The molecule has 0 bridgehead atoms. The van der Waals surface area contributed by atoms with Crippen molar-refractivity contribution in [3.8, 4) is 5.75 Å². The molecule has 1 aromatic heterocycles. The van der Waals surface area contributed by atoms with Crippen LogP contribution in [0.25, 0.3) is 0 Å². The molecule has 25 heavy (non-hydrogen) atoms. The van der Waals surface area contributed by atoms with Gasteiger partial charge in [0.25, 0.3) is 0 Å². The van der Waals surface area contributed by atoms with Crippen LogP contribution in [0.15, 0.2) is 28.7 Å². The summed E-state index contributed by atoms with van der Waals surface area (Å²) in [5, 5.41) is 9.06. The molecule has 2 aromatic rings. The zero-order chi connectivity index (χ0) is 17.1. The molecule has 0 N–H and O–H groups in total. The molecule has 4 rings (SSSR count). The van der Waals surface area contributed by atoms with Gasteiger partial charge in [-0.05, 0) is 37.1 Å². The topological polar surface area (TPSA) is 54.6 Å². The maximum absolute atomic E-state index is 5.88. The zero-order valence-electron chi connectivity index (χ0n) is 14.2. The van der Waals surface area contributed by atoms with E-state index < -0.39 is 0 Å². The van der Waals surface area contributed by atoms with Crippen molar-refractivity contribution in [3.63, 3.8) is 0 Å². The lowest BCUT2D eigenvalue weighted by molar-refractivity contribution is 0.106. The second-order valence-electron chi connectivity index (χ2n) is 6.73. The number of rotatable bonds is 7. The minimum absolute atomic E-state index is 0.527. The highest BCUT2D eigenvalue weighted by molar-refractivity contribution is 6.30. The van der Waals surface area contributed by atoms with Crippen molar-refractivity contribution in [3.05, 3.63) is 41.1 Å². The summed E-state index contributed by atoms with van der Waals surface area (Å²) in [5.74, 6) is 2.97. The molecule has 2 heterocycles. The van der Waals surface area contributed by atoms with E-state index in [0.717, 1.165) is 61.8 Å². The summed E-state index contributed by atoms with van der Waals surface area (Å²) >= 11 is 5.88. The molecule has 0 amide bonds. The van der Waals surface area contributed by atoms with Crippen LogP contribution in [0.5, 0.6) is 5.75 Å². The first kappa shape index (κ1) is 16.8. The normalized spacial score (nSPS) is 19.2. The van der Waals surface area contributed by atoms with Crippen LogP contribution in [0, 0.1) is 0 Å². The first-order valence-corrected chi connectivity index (χ1v) is 9.29. The summed E-state index contributed by atoms with van der Waals surface area (Å²) in [7, 11) is 0. The van der Waals surface area contributed by atoms with Crippen LogP contribution in [0.3, 0.4) is 0 Å².